The van der Waals surface area contributed by atoms with Crippen molar-refractivity contribution in [2.24, 2.45) is 0 Å². The molecule has 1 aliphatic carbocycles. The fourth-order valence-corrected chi connectivity index (χ4v) is 2.30. The first-order valence-electron chi connectivity index (χ1n) is 6.16. The highest BCUT2D eigenvalue weighted by Gasteiger charge is 2.28. The van der Waals surface area contributed by atoms with E-state index < -0.39 is 6.10 Å². The maximum Gasteiger partial charge on any atom is 0.252 e. The molecule has 1 amide bonds. The second-order valence-electron chi connectivity index (χ2n) is 5.01. The second-order valence-corrected chi connectivity index (χ2v) is 5.01. The minimum Gasteiger partial charge on any atom is -0.388 e. The van der Waals surface area contributed by atoms with E-state index in [1.54, 1.807) is 0 Å². The maximum absolute atomic E-state index is 12.3. The Morgan fingerprint density at radius 1 is 1.38 bits per heavy atom. The van der Waals surface area contributed by atoms with E-state index >= 15 is 0 Å². The van der Waals surface area contributed by atoms with E-state index in [9.17, 15) is 9.90 Å². The molecule has 0 aromatic carbocycles. The molecule has 1 unspecified atom stereocenters. The van der Waals surface area contributed by atoms with Gasteiger partial charge in [-0.25, -0.2) is 0 Å². The van der Waals surface area contributed by atoms with Crippen molar-refractivity contribution in [3.63, 3.8) is 0 Å². The van der Waals surface area contributed by atoms with Gasteiger partial charge in [0.15, 0.2) is 0 Å². The zero-order chi connectivity index (χ0) is 12.3. The van der Waals surface area contributed by atoms with Gasteiger partial charge in [0.2, 0.25) is 0 Å². The van der Waals surface area contributed by atoms with Gasteiger partial charge in [0.05, 0.1) is 6.10 Å². The highest BCUT2D eigenvalue weighted by Crippen LogP contribution is 2.22. The van der Waals surface area contributed by atoms with Crippen molar-refractivity contribution in [3.8, 4) is 0 Å². The Morgan fingerprint density at radius 3 is 2.38 bits per heavy atom. The van der Waals surface area contributed by atoms with Crippen LogP contribution < -0.4 is 0 Å². The molecule has 92 valence electrons. The summed E-state index contributed by atoms with van der Waals surface area (Å²) in [6.45, 7) is 8.03. The third-order valence-corrected chi connectivity index (χ3v) is 3.00. The number of allylic oxidation sites excluding steroid dienone is 1. The SMILES string of the molecule is CC(C)N(C(=O)C1=CCCCC1O)C(C)C. The Bertz CT molecular complexity index is 274. The highest BCUT2D eigenvalue weighted by atomic mass is 16.3. The molecule has 0 aliphatic heterocycles. The number of amides is 1. The van der Waals surface area contributed by atoms with Crippen LogP contribution in [0.25, 0.3) is 0 Å². The zero-order valence-electron chi connectivity index (χ0n) is 10.7. The first-order chi connectivity index (χ1) is 7.45. The Kier molecular flexibility index (Phi) is 4.54. The minimum absolute atomic E-state index is 0.00259. The van der Waals surface area contributed by atoms with Crippen molar-refractivity contribution >= 4 is 5.91 Å². The number of hydrogen-bond acceptors (Lipinski definition) is 2. The Morgan fingerprint density at radius 2 is 1.94 bits per heavy atom. The smallest absolute Gasteiger partial charge is 0.252 e. The van der Waals surface area contributed by atoms with Crippen molar-refractivity contribution in [3.05, 3.63) is 11.6 Å². The first-order valence-corrected chi connectivity index (χ1v) is 6.16. The van der Waals surface area contributed by atoms with Crippen molar-refractivity contribution in [2.75, 3.05) is 0 Å². The van der Waals surface area contributed by atoms with Crippen molar-refractivity contribution in [2.45, 2.75) is 65.1 Å². The van der Waals surface area contributed by atoms with Gasteiger partial charge in [0, 0.05) is 17.7 Å². The molecule has 16 heavy (non-hydrogen) atoms. The van der Waals surface area contributed by atoms with E-state index in [-0.39, 0.29) is 18.0 Å². The molecule has 0 radical (unpaired) electrons. The average molecular weight is 225 g/mol. The zero-order valence-corrected chi connectivity index (χ0v) is 10.7. The number of hydrogen-bond donors (Lipinski definition) is 1. The summed E-state index contributed by atoms with van der Waals surface area (Å²) in [5.74, 6) is -0.00259. The standard InChI is InChI=1S/C13H23NO2/c1-9(2)14(10(3)4)13(16)11-7-5-6-8-12(11)15/h7,9-10,12,15H,5-6,8H2,1-4H3. The maximum atomic E-state index is 12.3. The Balaban J connectivity index is 2.86. The normalized spacial score (nSPS) is 21.2. The summed E-state index contributed by atoms with van der Waals surface area (Å²) >= 11 is 0. The molecule has 0 spiro atoms. The number of rotatable bonds is 3. The lowest BCUT2D eigenvalue weighted by Crippen LogP contribution is -2.44. The summed E-state index contributed by atoms with van der Waals surface area (Å²) in [6.07, 6.45) is 3.92. The molecule has 0 saturated carbocycles. The largest absolute Gasteiger partial charge is 0.388 e. The Labute approximate surface area is 98.1 Å². The molecule has 1 aliphatic rings. The van der Waals surface area contributed by atoms with Crippen LogP contribution in [0.3, 0.4) is 0 Å². The van der Waals surface area contributed by atoms with Gasteiger partial charge in [-0.05, 0) is 47.0 Å². The second kappa shape index (κ2) is 5.48. The van der Waals surface area contributed by atoms with Gasteiger partial charge in [0.1, 0.15) is 0 Å². The number of carbonyl (C=O) groups excluding carboxylic acids is 1. The van der Waals surface area contributed by atoms with Crippen molar-refractivity contribution < 1.29 is 9.90 Å². The molecule has 0 bridgehead atoms. The molecule has 0 fully saturated rings. The lowest BCUT2D eigenvalue weighted by molar-refractivity contribution is -0.131. The van der Waals surface area contributed by atoms with Gasteiger partial charge in [-0.3, -0.25) is 4.79 Å². The van der Waals surface area contributed by atoms with Gasteiger partial charge >= 0.3 is 0 Å². The van der Waals surface area contributed by atoms with Crippen LogP contribution in [0.1, 0.15) is 47.0 Å². The van der Waals surface area contributed by atoms with Crippen LogP contribution in [0.4, 0.5) is 0 Å². The molecular formula is C13H23NO2. The summed E-state index contributed by atoms with van der Waals surface area (Å²) in [4.78, 5) is 14.1. The monoisotopic (exact) mass is 225 g/mol. The molecule has 0 aromatic rings. The van der Waals surface area contributed by atoms with E-state index in [1.807, 2.05) is 38.7 Å². The van der Waals surface area contributed by atoms with Crippen LogP contribution in [0, 0.1) is 0 Å². The fourth-order valence-electron chi connectivity index (χ4n) is 2.30. The lowest BCUT2D eigenvalue weighted by atomic mass is 9.95. The fraction of sp³-hybridized carbons (Fsp3) is 0.769. The van der Waals surface area contributed by atoms with E-state index in [0.717, 1.165) is 12.8 Å². The number of nitrogens with zero attached hydrogens (tertiary/aromatic N) is 1. The van der Waals surface area contributed by atoms with Crippen LogP contribution in [0.5, 0.6) is 0 Å². The minimum atomic E-state index is -0.568. The molecule has 1 rings (SSSR count). The molecule has 0 saturated heterocycles. The third-order valence-electron chi connectivity index (χ3n) is 3.00. The summed E-state index contributed by atoms with van der Waals surface area (Å²) in [5, 5.41) is 9.84. The van der Waals surface area contributed by atoms with Crippen molar-refractivity contribution in [1.29, 1.82) is 0 Å². The van der Waals surface area contributed by atoms with E-state index in [2.05, 4.69) is 0 Å². The van der Waals surface area contributed by atoms with Crippen molar-refractivity contribution in [1.82, 2.24) is 4.90 Å². The number of carbonyl (C=O) groups is 1. The molecule has 1 atom stereocenters. The lowest BCUT2D eigenvalue weighted by Gasteiger charge is -2.33. The van der Waals surface area contributed by atoms with Crippen LogP contribution >= 0.6 is 0 Å². The molecular weight excluding hydrogens is 202 g/mol. The molecule has 3 heteroatoms. The van der Waals surface area contributed by atoms with E-state index in [1.165, 1.54) is 0 Å². The van der Waals surface area contributed by atoms with Crippen LogP contribution in [0.2, 0.25) is 0 Å². The predicted molar refractivity (Wildman–Crippen MR) is 65.1 cm³/mol. The third kappa shape index (κ3) is 2.85. The Hall–Kier alpha value is -0.830. The number of aliphatic hydroxyl groups excluding tert-OH is 1. The van der Waals surface area contributed by atoms with Crippen LogP contribution in [-0.4, -0.2) is 34.1 Å². The first kappa shape index (κ1) is 13.2. The summed E-state index contributed by atoms with van der Waals surface area (Å²) < 4.78 is 0. The van der Waals surface area contributed by atoms with Gasteiger partial charge in [-0.2, -0.15) is 0 Å². The van der Waals surface area contributed by atoms with E-state index in [4.69, 9.17) is 0 Å². The molecule has 1 N–H and O–H groups in total. The van der Waals surface area contributed by atoms with Crippen LogP contribution in [0.15, 0.2) is 11.6 Å². The van der Waals surface area contributed by atoms with Gasteiger partial charge in [-0.1, -0.05) is 6.08 Å². The van der Waals surface area contributed by atoms with Gasteiger partial charge in [0.25, 0.3) is 5.91 Å². The quantitative estimate of drug-likeness (QED) is 0.799. The average Bonchev–Trinajstić information content (AvgIpc) is 2.16. The molecule has 0 heterocycles. The van der Waals surface area contributed by atoms with Gasteiger partial charge in [-0.15, -0.1) is 0 Å². The summed E-state index contributed by atoms with van der Waals surface area (Å²) in [7, 11) is 0. The summed E-state index contributed by atoms with van der Waals surface area (Å²) in [6, 6.07) is 0.338. The summed E-state index contributed by atoms with van der Waals surface area (Å²) in [5.41, 5.74) is 0.591. The topological polar surface area (TPSA) is 40.5 Å². The van der Waals surface area contributed by atoms with E-state index in [0.29, 0.717) is 12.0 Å². The number of aliphatic hydroxyl groups is 1. The van der Waals surface area contributed by atoms with Crippen LogP contribution in [-0.2, 0) is 4.79 Å². The molecule has 3 nitrogen and oxygen atoms in total. The predicted octanol–water partition coefficient (Wildman–Crippen LogP) is 2.10. The van der Waals surface area contributed by atoms with Gasteiger partial charge < -0.3 is 10.0 Å². The highest BCUT2D eigenvalue weighted by molar-refractivity contribution is 5.94. The molecule has 0 aromatic heterocycles.